The Balaban J connectivity index is 0.00000280. The van der Waals surface area contributed by atoms with Crippen LogP contribution in [-0.4, -0.2) is 37.5 Å². The molecule has 0 radical (unpaired) electrons. The van der Waals surface area contributed by atoms with Crippen LogP contribution in [0.3, 0.4) is 0 Å². The molecule has 8 nitrogen and oxygen atoms in total. The molecule has 0 saturated heterocycles. The zero-order valence-electron chi connectivity index (χ0n) is 21.7. The van der Waals surface area contributed by atoms with Crippen LogP contribution in [-0.2, 0) is 10.0 Å². The van der Waals surface area contributed by atoms with E-state index in [1.54, 1.807) is 25.1 Å². The highest BCUT2D eigenvalue weighted by Gasteiger charge is 2.24. The number of ether oxygens (including phenoxy) is 2. The van der Waals surface area contributed by atoms with Gasteiger partial charge in [-0.05, 0) is 61.6 Å². The molecule has 1 fully saturated rings. The molecule has 3 aromatic rings. The first-order chi connectivity index (χ1) is 18.1. The number of sulfonamides is 1. The lowest BCUT2D eigenvalue weighted by Gasteiger charge is -2.25. The summed E-state index contributed by atoms with van der Waals surface area (Å²) in [5.74, 6) is -0.228. The molecule has 38 heavy (non-hydrogen) atoms. The van der Waals surface area contributed by atoms with E-state index in [4.69, 9.17) is 9.47 Å². The summed E-state index contributed by atoms with van der Waals surface area (Å²) >= 11 is 0. The first-order valence-corrected chi connectivity index (χ1v) is 14.2. The number of carbonyl (C=O) groups is 1. The third kappa shape index (κ3) is 7.06. The number of amides is 1. The van der Waals surface area contributed by atoms with Crippen LogP contribution in [0.5, 0.6) is 11.6 Å². The molecular weight excluding hydrogens is 509 g/mol. The minimum absolute atomic E-state index is 0. The van der Waals surface area contributed by atoms with E-state index in [2.05, 4.69) is 14.7 Å². The highest BCUT2D eigenvalue weighted by Crippen LogP contribution is 2.31. The molecule has 0 unspecified atom stereocenters. The Labute approximate surface area is 225 Å². The highest BCUT2D eigenvalue weighted by molar-refractivity contribution is 7.90. The number of pyridine rings is 2. The Bertz CT molecular complexity index is 1420. The second kappa shape index (κ2) is 11.9. The van der Waals surface area contributed by atoms with Crippen molar-refractivity contribution in [2.45, 2.75) is 51.5 Å². The predicted octanol–water partition coefficient (Wildman–Crippen LogP) is 5.81. The van der Waals surface area contributed by atoms with Gasteiger partial charge in [0.1, 0.15) is 17.1 Å². The number of aryl methyl sites for hydroxylation is 1. The number of carbonyl (C=O) groups excluding carboxylic acids is 1. The molecule has 0 atom stereocenters. The van der Waals surface area contributed by atoms with Crippen molar-refractivity contribution in [3.05, 3.63) is 65.6 Å². The Hall–Kier alpha value is -3.53. The quantitative estimate of drug-likeness (QED) is 0.324. The molecule has 0 bridgehead atoms. The second-order valence-electron chi connectivity index (χ2n) is 9.92. The Morgan fingerprint density at radius 3 is 2.61 bits per heavy atom. The van der Waals surface area contributed by atoms with E-state index in [0.717, 1.165) is 19.3 Å². The molecular formula is C28H36FN3O5S. The van der Waals surface area contributed by atoms with E-state index in [-0.39, 0.29) is 25.2 Å². The summed E-state index contributed by atoms with van der Waals surface area (Å²) in [6, 6.07) is 11.7. The second-order valence-corrected chi connectivity index (χ2v) is 11.5. The van der Waals surface area contributed by atoms with E-state index in [1.807, 2.05) is 13.8 Å². The van der Waals surface area contributed by atoms with Gasteiger partial charge in [0.2, 0.25) is 5.88 Å². The van der Waals surface area contributed by atoms with Crippen molar-refractivity contribution in [1.82, 2.24) is 14.7 Å². The van der Waals surface area contributed by atoms with Gasteiger partial charge in [-0.15, -0.1) is 0 Å². The van der Waals surface area contributed by atoms with Gasteiger partial charge >= 0.3 is 0 Å². The minimum atomic E-state index is -4.22. The van der Waals surface area contributed by atoms with Gasteiger partial charge in [-0.1, -0.05) is 39.2 Å². The molecule has 1 aliphatic carbocycles. The normalized spacial score (nSPS) is 13.7. The largest absolute Gasteiger partial charge is 0.493 e. The van der Waals surface area contributed by atoms with Crippen LogP contribution >= 0.6 is 0 Å². The highest BCUT2D eigenvalue weighted by atomic mass is 32.2. The number of nitrogens with zero attached hydrogens (tertiary/aromatic N) is 2. The van der Waals surface area contributed by atoms with Gasteiger partial charge < -0.3 is 9.47 Å². The fourth-order valence-corrected chi connectivity index (χ4v) is 4.92. The number of benzene rings is 1. The fraction of sp³-hybridized carbons (Fsp3) is 0.393. The Morgan fingerprint density at radius 1 is 1.13 bits per heavy atom. The van der Waals surface area contributed by atoms with Gasteiger partial charge in [-0.2, -0.15) is 8.42 Å². The standard InChI is InChI=1S/C28H32FN3O5S.2H2/c1-18(2)17-37-23-15-21(14-22(29)16-23)25-11-10-24(28(31-25)36-13-12-20-7-5-8-20)27(33)32-38(34,35)26-9-4-6-19(3)30-26;;/h4,6,9-11,14-16,18,20H,5,7-8,12-13,17H2,1-3H3,(H,32,33);2*1H. The van der Waals surface area contributed by atoms with E-state index >= 15 is 0 Å². The van der Waals surface area contributed by atoms with Crippen molar-refractivity contribution in [1.29, 1.82) is 0 Å². The topological polar surface area (TPSA) is 107 Å². The summed E-state index contributed by atoms with van der Waals surface area (Å²) in [5.41, 5.74) is 1.25. The van der Waals surface area contributed by atoms with Gasteiger partial charge in [-0.25, -0.2) is 19.1 Å². The Kier molecular flexibility index (Phi) is 8.61. The maximum atomic E-state index is 14.4. The zero-order valence-corrected chi connectivity index (χ0v) is 22.6. The SMILES string of the molecule is Cc1cccc(S(=O)(=O)NC(=O)c2ccc(-c3cc(F)cc(OCC(C)C)c3)nc2OCCC2CCC2)n1.[HH].[HH]. The van der Waals surface area contributed by atoms with Gasteiger partial charge in [0.15, 0.2) is 5.03 Å². The average Bonchev–Trinajstić information content (AvgIpc) is 2.83. The van der Waals surface area contributed by atoms with Gasteiger partial charge in [0.05, 0.1) is 18.9 Å². The summed E-state index contributed by atoms with van der Waals surface area (Å²) in [6.45, 7) is 6.39. The first-order valence-electron chi connectivity index (χ1n) is 12.7. The molecule has 206 valence electrons. The summed E-state index contributed by atoms with van der Waals surface area (Å²) < 4.78 is 53.6. The smallest absolute Gasteiger partial charge is 0.281 e. The molecule has 1 amide bonds. The minimum Gasteiger partial charge on any atom is -0.493 e. The molecule has 0 spiro atoms. The molecule has 1 aromatic carbocycles. The molecule has 1 saturated carbocycles. The summed E-state index contributed by atoms with van der Waals surface area (Å²) in [5, 5.41) is -0.267. The zero-order chi connectivity index (χ0) is 27.3. The fourth-order valence-electron chi connectivity index (χ4n) is 3.94. The molecule has 4 rings (SSSR count). The monoisotopic (exact) mass is 545 g/mol. The van der Waals surface area contributed by atoms with Gasteiger partial charge in [0, 0.05) is 20.2 Å². The van der Waals surface area contributed by atoms with Crippen LogP contribution in [0.4, 0.5) is 4.39 Å². The first kappa shape index (κ1) is 27.5. The molecule has 2 aromatic heterocycles. The predicted molar refractivity (Wildman–Crippen MR) is 145 cm³/mol. The van der Waals surface area contributed by atoms with Crippen molar-refractivity contribution in [2.75, 3.05) is 13.2 Å². The van der Waals surface area contributed by atoms with E-state index in [1.165, 1.54) is 36.8 Å². The number of aromatic nitrogens is 2. The number of hydrogen-bond acceptors (Lipinski definition) is 7. The van der Waals surface area contributed by atoms with Gasteiger partial charge in [-0.3, -0.25) is 4.79 Å². The molecule has 1 N–H and O–H groups in total. The lowest BCUT2D eigenvalue weighted by Crippen LogP contribution is -2.31. The van der Waals surface area contributed by atoms with Crippen LogP contribution in [0.15, 0.2) is 53.6 Å². The van der Waals surface area contributed by atoms with Crippen molar-refractivity contribution < 1.29 is 29.9 Å². The van der Waals surface area contributed by atoms with Crippen LogP contribution in [0.2, 0.25) is 0 Å². The third-order valence-corrected chi connectivity index (χ3v) is 7.44. The molecule has 10 heteroatoms. The van der Waals surface area contributed by atoms with Crippen molar-refractivity contribution in [3.63, 3.8) is 0 Å². The van der Waals surface area contributed by atoms with Gasteiger partial charge in [0.25, 0.3) is 15.9 Å². The number of nitrogens with one attached hydrogen (secondary N) is 1. The maximum absolute atomic E-state index is 14.4. The molecule has 2 heterocycles. The lowest BCUT2D eigenvalue weighted by atomic mass is 9.83. The van der Waals surface area contributed by atoms with Crippen LogP contribution < -0.4 is 14.2 Å². The number of rotatable bonds is 11. The summed E-state index contributed by atoms with van der Waals surface area (Å²) in [4.78, 5) is 21.6. The van der Waals surface area contributed by atoms with E-state index in [9.17, 15) is 17.6 Å². The number of halogens is 1. The third-order valence-electron chi connectivity index (χ3n) is 6.21. The Morgan fingerprint density at radius 2 is 1.92 bits per heavy atom. The molecule has 1 aliphatic rings. The van der Waals surface area contributed by atoms with Crippen LogP contribution in [0.1, 0.15) is 58.4 Å². The number of hydrogen-bond donors (Lipinski definition) is 1. The van der Waals surface area contributed by atoms with E-state index in [0.29, 0.717) is 41.8 Å². The average molecular weight is 546 g/mol. The van der Waals surface area contributed by atoms with Crippen LogP contribution in [0.25, 0.3) is 11.3 Å². The summed E-state index contributed by atoms with van der Waals surface area (Å²) in [7, 11) is -4.22. The van der Waals surface area contributed by atoms with E-state index < -0.39 is 21.7 Å². The lowest BCUT2D eigenvalue weighted by molar-refractivity contribution is 0.0975. The van der Waals surface area contributed by atoms with Crippen molar-refractivity contribution >= 4 is 15.9 Å². The maximum Gasteiger partial charge on any atom is 0.281 e. The van der Waals surface area contributed by atoms with Crippen molar-refractivity contribution in [3.8, 4) is 22.9 Å². The molecule has 0 aliphatic heterocycles. The summed E-state index contributed by atoms with van der Waals surface area (Å²) in [6.07, 6.45) is 4.26. The van der Waals surface area contributed by atoms with Crippen molar-refractivity contribution in [2.24, 2.45) is 11.8 Å². The van der Waals surface area contributed by atoms with Crippen LogP contribution in [0, 0.1) is 24.6 Å².